The van der Waals surface area contributed by atoms with Crippen LogP contribution in [0, 0.1) is 18.8 Å². The second kappa shape index (κ2) is 12.8. The summed E-state index contributed by atoms with van der Waals surface area (Å²) in [6.07, 6.45) is 7.74. The minimum Gasteiger partial charge on any atom is -0.453 e. The highest BCUT2D eigenvalue weighted by Gasteiger charge is 2.48. The summed E-state index contributed by atoms with van der Waals surface area (Å²) in [5, 5.41) is 2.82. The molecule has 7 nitrogen and oxygen atoms in total. The first-order valence-corrected chi connectivity index (χ1v) is 17.6. The number of nitrogens with zero attached hydrogens (tertiary/aromatic N) is 2. The first kappa shape index (κ1) is 31.5. The molecule has 5 aliphatic carbocycles. The molecule has 1 saturated carbocycles. The third kappa shape index (κ3) is 6.05. The highest BCUT2D eigenvalue weighted by Crippen LogP contribution is 2.46. The second-order valence-corrected chi connectivity index (χ2v) is 14.6. The van der Waals surface area contributed by atoms with Crippen LogP contribution in [0.15, 0.2) is 54.6 Å². The zero-order chi connectivity index (χ0) is 32.8. The van der Waals surface area contributed by atoms with E-state index < -0.39 is 12.1 Å². The van der Waals surface area contributed by atoms with Crippen molar-refractivity contribution >= 4 is 23.0 Å². The molecule has 7 heteroatoms. The van der Waals surface area contributed by atoms with Gasteiger partial charge in [0.2, 0.25) is 5.91 Å². The second-order valence-electron chi connectivity index (χ2n) is 14.6. The maximum atomic E-state index is 14.3. The summed E-state index contributed by atoms with van der Waals surface area (Å²) >= 11 is 0. The van der Waals surface area contributed by atoms with Crippen molar-refractivity contribution < 1.29 is 14.3 Å². The molecule has 2 fully saturated rings. The maximum absolute atomic E-state index is 14.3. The van der Waals surface area contributed by atoms with Crippen LogP contribution in [0.1, 0.15) is 98.5 Å². The molecule has 246 valence electrons. The number of aromatic amines is 1. The van der Waals surface area contributed by atoms with Gasteiger partial charge in [-0.05, 0) is 114 Å². The molecule has 47 heavy (non-hydrogen) atoms. The Morgan fingerprint density at radius 3 is 2.60 bits per heavy atom. The number of hydrogen-bond donors (Lipinski definition) is 2. The zero-order valence-electron chi connectivity index (χ0n) is 28.4. The number of carbonyl (C=O) groups is 2. The molecule has 0 spiro atoms. The number of nitrogens with one attached hydrogen (secondary N) is 2. The number of H-pyrrole nitrogens is 1. The molecule has 0 radical (unpaired) electrons. The van der Waals surface area contributed by atoms with Gasteiger partial charge in [-0.3, -0.25) is 4.79 Å². The average Bonchev–Trinajstić information content (AvgIpc) is 3.67. The SMILES string of the molecule is COC(=O)N[C@H](C(=O)N1[C@H](c2nc3ccc(-c4cc5ccc4CCc4ccc(c(C)c4)C[C@H]5C)cc3[nH]2)C[C@@H]2CCCC[C@@H]21)C(C)C. The molecular formula is C40H48N4O3. The van der Waals surface area contributed by atoms with Crippen LogP contribution in [0.25, 0.3) is 22.2 Å². The van der Waals surface area contributed by atoms with Crippen molar-refractivity contribution in [3.05, 3.63) is 88.2 Å². The molecule has 10 rings (SSSR count). The number of carbonyl (C=O) groups excluding carboxylic acids is 2. The van der Waals surface area contributed by atoms with Crippen molar-refractivity contribution in [1.82, 2.24) is 20.2 Å². The zero-order valence-corrected chi connectivity index (χ0v) is 28.4. The van der Waals surface area contributed by atoms with E-state index in [9.17, 15) is 9.59 Å². The Morgan fingerprint density at radius 2 is 1.81 bits per heavy atom. The quantitative estimate of drug-likeness (QED) is 0.232. The maximum Gasteiger partial charge on any atom is 0.407 e. The van der Waals surface area contributed by atoms with E-state index in [0.29, 0.717) is 11.8 Å². The lowest BCUT2D eigenvalue weighted by molar-refractivity contribution is -0.138. The number of alkyl carbamates (subject to hydrolysis) is 1. The Bertz CT molecular complexity index is 1810. The molecule has 2 N–H and O–H groups in total. The lowest BCUT2D eigenvalue weighted by Gasteiger charge is -2.36. The van der Waals surface area contributed by atoms with Gasteiger partial charge in [-0.2, -0.15) is 0 Å². The predicted octanol–water partition coefficient (Wildman–Crippen LogP) is 8.20. The first-order valence-electron chi connectivity index (χ1n) is 17.6. The average molecular weight is 633 g/mol. The molecule has 0 unspecified atom stereocenters. The molecule has 1 aromatic heterocycles. The van der Waals surface area contributed by atoms with Crippen LogP contribution in [0.3, 0.4) is 0 Å². The summed E-state index contributed by atoms with van der Waals surface area (Å²) in [5.74, 6) is 1.56. The van der Waals surface area contributed by atoms with Crippen LogP contribution >= 0.6 is 0 Å². The van der Waals surface area contributed by atoms with Crippen LogP contribution in [0.4, 0.5) is 4.79 Å². The summed E-state index contributed by atoms with van der Waals surface area (Å²) in [4.78, 5) is 37.3. The fourth-order valence-electron chi connectivity index (χ4n) is 8.49. The van der Waals surface area contributed by atoms with Gasteiger partial charge in [-0.1, -0.05) is 76.1 Å². The van der Waals surface area contributed by atoms with Crippen molar-refractivity contribution in [2.75, 3.05) is 7.11 Å². The van der Waals surface area contributed by atoms with Crippen molar-refractivity contribution in [2.24, 2.45) is 11.8 Å². The van der Waals surface area contributed by atoms with Gasteiger partial charge in [0.25, 0.3) is 0 Å². The van der Waals surface area contributed by atoms with Crippen LogP contribution in [0.5, 0.6) is 0 Å². The van der Waals surface area contributed by atoms with Crippen LogP contribution in [-0.4, -0.2) is 46.1 Å². The third-order valence-electron chi connectivity index (χ3n) is 11.2. The van der Waals surface area contributed by atoms with Gasteiger partial charge in [0.15, 0.2) is 0 Å². The summed E-state index contributed by atoms with van der Waals surface area (Å²) < 4.78 is 4.88. The summed E-state index contributed by atoms with van der Waals surface area (Å²) in [6, 6.07) is 20.0. The van der Waals surface area contributed by atoms with Crippen molar-refractivity contribution in [2.45, 2.75) is 103 Å². The van der Waals surface area contributed by atoms with Gasteiger partial charge in [-0.25, -0.2) is 9.78 Å². The molecule has 3 aromatic carbocycles. The number of hydrogen-bond acceptors (Lipinski definition) is 4. The standard InChI is InChI=1S/C40H48N4O3/c1-23(2)37(43-40(46)47-5)39(45)44-35-9-7-6-8-31(35)22-36(44)38-41-33-17-16-30(21-34(33)42-38)32-20-29-15-14-27(32)12-10-26-11-13-28(19-25(29)4)24(3)18-26/h11,13-18,20-21,23,25,31,35-37H,6-10,12,19,22H2,1-5H3,(H,41,42)(H,43,46)/t25-,31+,35+,36+,37+/m1/s1. The lowest BCUT2D eigenvalue weighted by Crippen LogP contribution is -2.53. The Labute approximate surface area is 278 Å². The van der Waals surface area contributed by atoms with Crippen molar-refractivity contribution in [3.8, 4) is 11.1 Å². The number of likely N-dealkylation sites (tertiary alicyclic amines) is 1. The smallest absolute Gasteiger partial charge is 0.407 e. The number of rotatable bonds is 5. The Kier molecular flexibility index (Phi) is 8.58. The number of methoxy groups -OCH3 is 1. The topological polar surface area (TPSA) is 87.3 Å². The van der Waals surface area contributed by atoms with E-state index in [0.717, 1.165) is 61.8 Å². The fourth-order valence-corrected chi connectivity index (χ4v) is 8.49. The number of benzene rings is 3. The molecule has 1 saturated heterocycles. The molecular weight excluding hydrogens is 584 g/mol. The number of aromatic nitrogens is 2. The predicted molar refractivity (Wildman–Crippen MR) is 186 cm³/mol. The Balaban J connectivity index is 1.23. The van der Waals surface area contributed by atoms with Crippen LogP contribution in [-0.2, 0) is 28.8 Å². The van der Waals surface area contributed by atoms with E-state index in [2.05, 4.69) is 83.6 Å². The van der Waals surface area contributed by atoms with Gasteiger partial charge < -0.3 is 19.9 Å². The van der Waals surface area contributed by atoms with Gasteiger partial charge in [0, 0.05) is 6.04 Å². The lowest BCUT2D eigenvalue weighted by atomic mass is 9.84. The Morgan fingerprint density at radius 1 is 1.00 bits per heavy atom. The molecule has 5 atom stereocenters. The number of ether oxygens (including phenoxy) is 1. The minimum absolute atomic E-state index is 0.0423. The summed E-state index contributed by atoms with van der Waals surface area (Å²) in [7, 11) is 1.34. The van der Waals surface area contributed by atoms with Crippen molar-refractivity contribution in [3.63, 3.8) is 0 Å². The molecule has 1 aliphatic heterocycles. The van der Waals surface area contributed by atoms with E-state index in [-0.39, 0.29) is 23.9 Å². The van der Waals surface area contributed by atoms with Gasteiger partial charge >= 0.3 is 6.09 Å². The monoisotopic (exact) mass is 632 g/mol. The number of fused-ring (bicyclic) bond motifs is 2. The van der Waals surface area contributed by atoms with E-state index in [1.165, 1.54) is 52.5 Å². The normalized spacial score (nSPS) is 23.0. The summed E-state index contributed by atoms with van der Waals surface area (Å²) in [6.45, 7) is 8.52. The summed E-state index contributed by atoms with van der Waals surface area (Å²) in [5.41, 5.74) is 11.3. The largest absolute Gasteiger partial charge is 0.453 e. The number of aryl methyl sites for hydroxylation is 3. The van der Waals surface area contributed by atoms with E-state index in [1.54, 1.807) is 0 Å². The molecule has 2 heterocycles. The van der Waals surface area contributed by atoms with E-state index in [1.807, 2.05) is 13.8 Å². The third-order valence-corrected chi connectivity index (χ3v) is 11.2. The number of imidazole rings is 1. The molecule has 4 bridgehead atoms. The Hall–Kier alpha value is -4.13. The van der Waals surface area contributed by atoms with Crippen LogP contribution < -0.4 is 5.32 Å². The minimum atomic E-state index is -0.656. The highest BCUT2D eigenvalue weighted by molar-refractivity contribution is 5.87. The van der Waals surface area contributed by atoms with Gasteiger partial charge in [0.1, 0.15) is 11.9 Å². The van der Waals surface area contributed by atoms with Crippen LogP contribution in [0.2, 0.25) is 0 Å². The molecule has 2 amide bonds. The fraction of sp³-hybridized carbons (Fsp3) is 0.475. The van der Waals surface area contributed by atoms with E-state index >= 15 is 0 Å². The highest BCUT2D eigenvalue weighted by atomic mass is 16.5. The first-order chi connectivity index (χ1) is 22.7. The number of amides is 2. The van der Waals surface area contributed by atoms with Gasteiger partial charge in [-0.15, -0.1) is 0 Å². The molecule has 4 aromatic rings. The van der Waals surface area contributed by atoms with E-state index in [4.69, 9.17) is 9.72 Å². The molecule has 6 aliphatic rings. The van der Waals surface area contributed by atoms with Gasteiger partial charge in [0.05, 0.1) is 24.2 Å². The van der Waals surface area contributed by atoms with Crippen molar-refractivity contribution in [1.29, 1.82) is 0 Å².